The van der Waals surface area contributed by atoms with Crippen LogP contribution in [0.5, 0.6) is 23.0 Å². The van der Waals surface area contributed by atoms with Crippen molar-refractivity contribution in [3.63, 3.8) is 0 Å². The van der Waals surface area contributed by atoms with Gasteiger partial charge in [-0.1, -0.05) is 141 Å². The topological polar surface area (TPSA) is 57.1 Å². The van der Waals surface area contributed by atoms with Crippen LogP contribution in [0.1, 0.15) is 48.3 Å². The Labute approximate surface area is 319 Å². The zero-order valence-corrected chi connectivity index (χ0v) is 30.5. The van der Waals surface area contributed by atoms with Crippen LogP contribution in [0, 0.1) is 0 Å². The van der Waals surface area contributed by atoms with Gasteiger partial charge in [0.2, 0.25) is 0 Å². The van der Waals surface area contributed by atoms with E-state index in [9.17, 15) is 0 Å². The van der Waals surface area contributed by atoms with Crippen molar-refractivity contribution in [2.24, 2.45) is 0 Å². The molecule has 0 radical (unpaired) electrons. The molecule has 55 heavy (non-hydrogen) atoms. The number of hydrogen-bond acceptors (Lipinski definition) is 5. The minimum Gasteiger partial charge on any atom is -0.449 e. The largest absolute Gasteiger partial charge is 0.449 e. The van der Waals surface area contributed by atoms with E-state index in [0.717, 1.165) is 52.0 Å². The van der Waals surface area contributed by atoms with Crippen LogP contribution in [-0.4, -0.2) is 15.0 Å². The molecule has 0 saturated carbocycles. The molecule has 0 fully saturated rings. The molecular weight excluding hydrogens is 675 g/mol. The molecule has 0 bridgehead atoms. The molecule has 262 valence electrons. The third-order valence-electron chi connectivity index (χ3n) is 11.5. The Morgan fingerprint density at radius 3 is 2.11 bits per heavy atom. The van der Waals surface area contributed by atoms with Gasteiger partial charge in [-0.25, -0.2) is 15.0 Å². The fourth-order valence-electron chi connectivity index (χ4n) is 8.73. The van der Waals surface area contributed by atoms with Crippen molar-refractivity contribution >= 4 is 22.4 Å². The number of rotatable bonds is 4. The Morgan fingerprint density at radius 2 is 1.20 bits per heavy atom. The fourth-order valence-corrected chi connectivity index (χ4v) is 8.73. The smallest absolute Gasteiger partial charge is 0.178 e. The molecule has 5 nitrogen and oxygen atoms in total. The summed E-state index contributed by atoms with van der Waals surface area (Å²) < 4.78 is 13.6. The molecule has 0 spiro atoms. The number of aryl methyl sites for hydroxylation is 1. The molecule has 3 aliphatic rings. The number of benzene rings is 7. The first kappa shape index (κ1) is 31.7. The van der Waals surface area contributed by atoms with Gasteiger partial charge in [-0.05, 0) is 86.8 Å². The first-order valence-corrected chi connectivity index (χ1v) is 18.9. The lowest BCUT2D eigenvalue weighted by atomic mass is 9.82. The van der Waals surface area contributed by atoms with Gasteiger partial charge in [-0.15, -0.1) is 0 Å². The second kappa shape index (κ2) is 12.1. The van der Waals surface area contributed by atoms with Crippen LogP contribution < -0.4 is 9.47 Å². The van der Waals surface area contributed by atoms with E-state index in [1.807, 2.05) is 30.3 Å². The van der Waals surface area contributed by atoms with Crippen molar-refractivity contribution in [3.05, 3.63) is 174 Å². The standard InChI is InChI=1S/C50H35N3O2/c1-50(2)40-20-9-8-18-39(40)44-41(50)26-27-43-46(44)55-42-21-11-19-38(45(42)54-43)32-15-10-16-34(28-32)48-51-47(31-13-4-3-5-14-31)52-49(53-48)35-24-25-37-33(29-35)23-22-30-12-6-7-17-36(30)37/h3-23,26-29H,24-25H2,1-2H3. The quantitative estimate of drug-likeness (QED) is 0.182. The van der Waals surface area contributed by atoms with Crippen LogP contribution in [0.25, 0.3) is 67.5 Å². The molecule has 0 amide bonds. The summed E-state index contributed by atoms with van der Waals surface area (Å²) in [6.07, 6.45) is 4.03. The molecule has 2 heterocycles. The second-order valence-electron chi connectivity index (χ2n) is 15.1. The third kappa shape index (κ3) is 5.04. The summed E-state index contributed by atoms with van der Waals surface area (Å²) in [6, 6.07) is 50.5. The van der Waals surface area contributed by atoms with Crippen LogP contribution in [0.15, 0.2) is 146 Å². The number of hydrogen-bond donors (Lipinski definition) is 0. The van der Waals surface area contributed by atoms with E-state index < -0.39 is 0 Å². The first-order chi connectivity index (χ1) is 27.0. The van der Waals surface area contributed by atoms with Gasteiger partial charge in [0.05, 0.1) is 0 Å². The average Bonchev–Trinajstić information content (AvgIpc) is 3.48. The van der Waals surface area contributed by atoms with Crippen LogP contribution >= 0.6 is 0 Å². The molecule has 5 heteroatoms. The van der Waals surface area contributed by atoms with Crippen molar-refractivity contribution in [2.75, 3.05) is 0 Å². The maximum atomic E-state index is 6.78. The first-order valence-electron chi connectivity index (χ1n) is 18.9. The molecule has 0 N–H and O–H groups in total. The van der Waals surface area contributed by atoms with E-state index in [1.54, 1.807) is 0 Å². The molecule has 0 atom stereocenters. The van der Waals surface area contributed by atoms with Crippen molar-refractivity contribution in [2.45, 2.75) is 32.1 Å². The number of allylic oxidation sites excluding steroid dienone is 1. The van der Waals surface area contributed by atoms with Crippen LogP contribution in [0.3, 0.4) is 0 Å². The van der Waals surface area contributed by atoms with Gasteiger partial charge in [-0.2, -0.15) is 0 Å². The number of nitrogens with zero attached hydrogens (tertiary/aromatic N) is 3. The summed E-state index contributed by atoms with van der Waals surface area (Å²) in [7, 11) is 0. The van der Waals surface area contributed by atoms with Crippen LogP contribution in [0.2, 0.25) is 0 Å². The molecule has 0 saturated heterocycles. The Bertz CT molecular complexity index is 2910. The van der Waals surface area contributed by atoms with Crippen molar-refractivity contribution in [1.82, 2.24) is 15.0 Å². The molecule has 2 aliphatic carbocycles. The average molecular weight is 710 g/mol. The van der Waals surface area contributed by atoms with Crippen molar-refractivity contribution in [3.8, 4) is 68.0 Å². The second-order valence-corrected chi connectivity index (χ2v) is 15.1. The predicted octanol–water partition coefficient (Wildman–Crippen LogP) is 12.7. The Kier molecular flexibility index (Phi) is 6.96. The van der Waals surface area contributed by atoms with E-state index in [0.29, 0.717) is 34.7 Å². The number of para-hydroxylation sites is 1. The third-order valence-corrected chi connectivity index (χ3v) is 11.5. The Morgan fingerprint density at radius 1 is 0.509 bits per heavy atom. The number of aromatic nitrogens is 3. The van der Waals surface area contributed by atoms with Gasteiger partial charge in [0, 0.05) is 27.7 Å². The highest BCUT2D eigenvalue weighted by Gasteiger charge is 2.39. The van der Waals surface area contributed by atoms with E-state index in [1.165, 1.54) is 38.6 Å². The highest BCUT2D eigenvalue weighted by Crippen LogP contribution is 2.59. The van der Waals surface area contributed by atoms with E-state index in [-0.39, 0.29) is 5.41 Å². The summed E-state index contributed by atoms with van der Waals surface area (Å²) in [6.45, 7) is 4.55. The SMILES string of the molecule is CC1(C)c2ccccc2-c2c1ccc1c2Oc2cccc(-c3cccc(-c4nc(C5=Cc6ccc7ccccc7c6CC5)nc(-c5ccccc5)n4)c3)c2O1. The zero-order chi connectivity index (χ0) is 36.7. The van der Waals surface area contributed by atoms with Crippen LogP contribution in [0.4, 0.5) is 0 Å². The summed E-state index contributed by atoms with van der Waals surface area (Å²) in [5, 5.41) is 2.58. The lowest BCUT2D eigenvalue weighted by Crippen LogP contribution is -2.15. The minimum absolute atomic E-state index is 0.130. The lowest BCUT2D eigenvalue weighted by Gasteiger charge is -2.26. The predicted molar refractivity (Wildman–Crippen MR) is 220 cm³/mol. The maximum absolute atomic E-state index is 6.78. The van der Waals surface area contributed by atoms with Crippen LogP contribution in [-0.2, 0) is 11.8 Å². The van der Waals surface area contributed by atoms with Gasteiger partial charge in [0.15, 0.2) is 40.5 Å². The summed E-state index contributed by atoms with van der Waals surface area (Å²) in [5.74, 6) is 4.85. The van der Waals surface area contributed by atoms with Gasteiger partial charge in [0.25, 0.3) is 0 Å². The Hall–Kier alpha value is -6.85. The molecule has 11 rings (SSSR count). The Balaban J connectivity index is 0.994. The molecule has 7 aromatic carbocycles. The molecule has 1 aromatic heterocycles. The zero-order valence-electron chi connectivity index (χ0n) is 30.5. The summed E-state index contributed by atoms with van der Waals surface area (Å²) in [5.41, 5.74) is 12.2. The number of fused-ring (bicyclic) bond motifs is 9. The highest BCUT2D eigenvalue weighted by molar-refractivity contribution is 5.94. The summed E-state index contributed by atoms with van der Waals surface area (Å²) in [4.78, 5) is 15.3. The van der Waals surface area contributed by atoms with E-state index in [4.69, 9.17) is 24.4 Å². The molecule has 1 aliphatic heterocycles. The van der Waals surface area contributed by atoms with Gasteiger partial charge in [0.1, 0.15) is 0 Å². The van der Waals surface area contributed by atoms with Gasteiger partial charge >= 0.3 is 0 Å². The van der Waals surface area contributed by atoms with Gasteiger partial charge < -0.3 is 9.47 Å². The van der Waals surface area contributed by atoms with E-state index in [2.05, 4.69) is 135 Å². The molecular formula is C50H35N3O2. The maximum Gasteiger partial charge on any atom is 0.178 e. The van der Waals surface area contributed by atoms with Crippen molar-refractivity contribution < 1.29 is 9.47 Å². The number of ether oxygens (including phenoxy) is 2. The highest BCUT2D eigenvalue weighted by atomic mass is 16.6. The van der Waals surface area contributed by atoms with Crippen molar-refractivity contribution in [1.29, 1.82) is 0 Å². The molecule has 0 unspecified atom stereocenters. The summed E-state index contributed by atoms with van der Waals surface area (Å²) >= 11 is 0. The fraction of sp³-hybridized carbons (Fsp3) is 0.100. The lowest BCUT2D eigenvalue weighted by molar-refractivity contribution is 0.361. The molecule has 8 aromatic rings. The monoisotopic (exact) mass is 709 g/mol. The van der Waals surface area contributed by atoms with Gasteiger partial charge in [-0.3, -0.25) is 0 Å². The normalized spacial score (nSPS) is 14.4. The minimum atomic E-state index is -0.130. The van der Waals surface area contributed by atoms with E-state index >= 15 is 0 Å².